The number of carbonyl (C=O) groups excluding carboxylic acids is 1. The zero-order chi connectivity index (χ0) is 15.7. The molecule has 0 aliphatic heterocycles. The number of benzene rings is 1. The Morgan fingerprint density at radius 1 is 1.18 bits per heavy atom. The Morgan fingerprint density at radius 3 is 2.73 bits per heavy atom. The van der Waals surface area contributed by atoms with Crippen LogP contribution in [0.25, 0.3) is 16.6 Å². The Kier molecular flexibility index (Phi) is 4.36. The summed E-state index contributed by atoms with van der Waals surface area (Å²) < 4.78 is 8.95. The zero-order valence-electron chi connectivity index (χ0n) is 11.8. The molecular formula is C17H13Br2NO2. The van der Waals surface area contributed by atoms with E-state index in [4.69, 9.17) is 4.74 Å². The van der Waals surface area contributed by atoms with Crippen LogP contribution in [0.15, 0.2) is 57.6 Å². The lowest BCUT2D eigenvalue weighted by molar-refractivity contribution is 0.0519. The summed E-state index contributed by atoms with van der Waals surface area (Å²) in [6.07, 6.45) is 1.87. The van der Waals surface area contributed by atoms with Crippen molar-refractivity contribution < 1.29 is 9.53 Å². The Labute approximate surface area is 145 Å². The van der Waals surface area contributed by atoms with Crippen LogP contribution in [-0.2, 0) is 4.74 Å². The summed E-state index contributed by atoms with van der Waals surface area (Å²) in [5.41, 5.74) is 3.25. The van der Waals surface area contributed by atoms with Crippen molar-refractivity contribution in [2.24, 2.45) is 0 Å². The van der Waals surface area contributed by atoms with Gasteiger partial charge in [0.15, 0.2) is 0 Å². The molecule has 0 saturated carbocycles. The number of hydrogen-bond acceptors (Lipinski definition) is 2. The lowest BCUT2D eigenvalue weighted by Gasteiger charge is -2.07. The first-order valence-corrected chi connectivity index (χ1v) is 8.43. The number of aromatic nitrogens is 1. The van der Waals surface area contributed by atoms with Gasteiger partial charge in [0.1, 0.15) is 5.69 Å². The van der Waals surface area contributed by atoms with Crippen molar-refractivity contribution in [1.29, 1.82) is 0 Å². The van der Waals surface area contributed by atoms with Crippen molar-refractivity contribution in [2.75, 3.05) is 6.61 Å². The van der Waals surface area contributed by atoms with E-state index in [1.807, 2.05) is 60.0 Å². The predicted octanol–water partition coefficient (Wildman–Crippen LogP) is 5.31. The van der Waals surface area contributed by atoms with Crippen molar-refractivity contribution in [3.63, 3.8) is 0 Å². The highest BCUT2D eigenvalue weighted by Gasteiger charge is 2.24. The van der Waals surface area contributed by atoms with E-state index >= 15 is 0 Å². The molecule has 0 unspecified atom stereocenters. The topological polar surface area (TPSA) is 30.7 Å². The fourth-order valence-corrected chi connectivity index (χ4v) is 3.62. The zero-order valence-corrected chi connectivity index (χ0v) is 15.0. The average Bonchev–Trinajstić information content (AvgIpc) is 2.81. The van der Waals surface area contributed by atoms with Crippen LogP contribution in [0.1, 0.15) is 17.4 Å². The van der Waals surface area contributed by atoms with Gasteiger partial charge in [-0.3, -0.25) is 0 Å². The number of carbonyl (C=O) groups is 1. The van der Waals surface area contributed by atoms with Crippen LogP contribution in [0, 0.1) is 0 Å². The third-order valence-electron chi connectivity index (χ3n) is 3.36. The highest BCUT2D eigenvalue weighted by atomic mass is 79.9. The molecule has 0 aliphatic carbocycles. The number of pyridine rings is 1. The molecule has 3 aromatic rings. The first-order valence-electron chi connectivity index (χ1n) is 6.85. The Morgan fingerprint density at radius 2 is 2.00 bits per heavy atom. The van der Waals surface area contributed by atoms with Gasteiger partial charge in [-0.05, 0) is 52.7 Å². The van der Waals surface area contributed by atoms with E-state index in [1.165, 1.54) is 0 Å². The highest BCUT2D eigenvalue weighted by molar-refractivity contribution is 9.11. The smallest absolute Gasteiger partial charge is 0.355 e. The monoisotopic (exact) mass is 421 g/mol. The number of esters is 1. The van der Waals surface area contributed by atoms with E-state index in [2.05, 4.69) is 31.9 Å². The lowest BCUT2D eigenvalue weighted by Crippen LogP contribution is -2.09. The number of hydrogen-bond donors (Lipinski definition) is 0. The summed E-state index contributed by atoms with van der Waals surface area (Å²) >= 11 is 7.12. The molecule has 0 spiro atoms. The summed E-state index contributed by atoms with van der Waals surface area (Å²) in [6.45, 7) is 2.15. The molecule has 1 aromatic carbocycles. The van der Waals surface area contributed by atoms with Crippen LogP contribution in [0.3, 0.4) is 0 Å². The molecule has 5 heteroatoms. The van der Waals surface area contributed by atoms with Crippen LogP contribution in [-0.4, -0.2) is 17.0 Å². The normalized spacial score (nSPS) is 10.9. The van der Waals surface area contributed by atoms with Crippen LogP contribution < -0.4 is 0 Å². The second kappa shape index (κ2) is 6.26. The van der Waals surface area contributed by atoms with E-state index in [1.54, 1.807) is 0 Å². The molecule has 0 amide bonds. The van der Waals surface area contributed by atoms with Gasteiger partial charge in [-0.1, -0.05) is 34.1 Å². The van der Waals surface area contributed by atoms with Gasteiger partial charge in [-0.15, -0.1) is 0 Å². The van der Waals surface area contributed by atoms with Gasteiger partial charge < -0.3 is 9.14 Å². The van der Waals surface area contributed by atoms with Crippen molar-refractivity contribution >= 4 is 43.3 Å². The molecule has 0 fully saturated rings. The van der Waals surface area contributed by atoms with Gasteiger partial charge >= 0.3 is 5.97 Å². The van der Waals surface area contributed by atoms with Gasteiger partial charge in [0.25, 0.3) is 0 Å². The lowest BCUT2D eigenvalue weighted by atomic mass is 10.1. The third-order valence-corrected chi connectivity index (χ3v) is 4.66. The maximum Gasteiger partial charge on any atom is 0.355 e. The van der Waals surface area contributed by atoms with E-state index in [0.29, 0.717) is 12.3 Å². The molecule has 0 radical (unpaired) electrons. The number of rotatable bonds is 3. The maximum atomic E-state index is 12.5. The minimum absolute atomic E-state index is 0.329. The summed E-state index contributed by atoms with van der Waals surface area (Å²) in [7, 11) is 0. The molecular weight excluding hydrogens is 410 g/mol. The van der Waals surface area contributed by atoms with Crippen LogP contribution in [0.4, 0.5) is 0 Å². The summed E-state index contributed by atoms with van der Waals surface area (Å²) in [5.74, 6) is -0.329. The third kappa shape index (κ3) is 2.59. The average molecular weight is 423 g/mol. The molecule has 2 aromatic heterocycles. The number of nitrogens with zero attached hydrogens (tertiary/aromatic N) is 1. The SMILES string of the molecule is CCOC(=O)c1c(-c2cccc(Br)c2)c(Br)c2ccccn12. The maximum absolute atomic E-state index is 12.5. The quantitative estimate of drug-likeness (QED) is 0.535. The Balaban J connectivity index is 2.35. The molecule has 22 heavy (non-hydrogen) atoms. The summed E-state index contributed by atoms with van der Waals surface area (Å²) in [4.78, 5) is 12.5. The number of fused-ring (bicyclic) bond motifs is 1. The molecule has 0 saturated heterocycles. The minimum Gasteiger partial charge on any atom is -0.461 e. The first kappa shape index (κ1) is 15.3. The van der Waals surface area contributed by atoms with Gasteiger partial charge in [0.2, 0.25) is 0 Å². The number of halogens is 2. The molecule has 0 aliphatic rings. The van der Waals surface area contributed by atoms with E-state index in [0.717, 1.165) is 25.6 Å². The molecule has 3 rings (SSSR count). The molecule has 0 N–H and O–H groups in total. The largest absolute Gasteiger partial charge is 0.461 e. The van der Waals surface area contributed by atoms with Gasteiger partial charge in [-0.25, -0.2) is 4.79 Å². The molecule has 0 atom stereocenters. The van der Waals surface area contributed by atoms with E-state index in [-0.39, 0.29) is 5.97 Å². The van der Waals surface area contributed by atoms with Crippen molar-refractivity contribution in [3.8, 4) is 11.1 Å². The molecule has 3 nitrogen and oxygen atoms in total. The van der Waals surface area contributed by atoms with Gasteiger partial charge in [-0.2, -0.15) is 0 Å². The minimum atomic E-state index is -0.329. The van der Waals surface area contributed by atoms with Gasteiger partial charge in [0.05, 0.1) is 16.6 Å². The van der Waals surface area contributed by atoms with Crippen molar-refractivity contribution in [3.05, 3.63) is 63.3 Å². The van der Waals surface area contributed by atoms with E-state index < -0.39 is 0 Å². The van der Waals surface area contributed by atoms with Crippen LogP contribution in [0.2, 0.25) is 0 Å². The standard InChI is InChI=1S/C17H13Br2NO2/c1-2-22-17(21)16-14(11-6-5-7-12(18)10-11)15(19)13-8-3-4-9-20(13)16/h3-10H,2H2,1H3. The second-order valence-corrected chi connectivity index (χ2v) is 6.43. The van der Waals surface area contributed by atoms with Crippen LogP contribution in [0.5, 0.6) is 0 Å². The van der Waals surface area contributed by atoms with Gasteiger partial charge in [0, 0.05) is 16.2 Å². The Bertz CT molecular complexity index is 855. The fourth-order valence-electron chi connectivity index (χ4n) is 2.48. The number of ether oxygens (including phenoxy) is 1. The highest BCUT2D eigenvalue weighted by Crippen LogP contribution is 2.38. The van der Waals surface area contributed by atoms with Crippen LogP contribution >= 0.6 is 31.9 Å². The second-order valence-electron chi connectivity index (χ2n) is 4.72. The van der Waals surface area contributed by atoms with Crippen molar-refractivity contribution in [1.82, 2.24) is 4.40 Å². The Hall–Kier alpha value is -1.59. The van der Waals surface area contributed by atoms with Crippen molar-refractivity contribution in [2.45, 2.75) is 6.92 Å². The summed E-state index contributed by atoms with van der Waals surface area (Å²) in [5, 5.41) is 0. The fraction of sp³-hybridized carbons (Fsp3) is 0.118. The molecule has 112 valence electrons. The predicted molar refractivity (Wildman–Crippen MR) is 94.2 cm³/mol. The van der Waals surface area contributed by atoms with E-state index in [9.17, 15) is 4.79 Å². The first-order chi connectivity index (χ1) is 10.6. The molecule has 0 bridgehead atoms. The summed E-state index contributed by atoms with van der Waals surface area (Å²) in [6, 6.07) is 13.7. The molecule has 2 heterocycles.